The van der Waals surface area contributed by atoms with Crippen molar-refractivity contribution in [3.63, 3.8) is 0 Å². The van der Waals surface area contributed by atoms with Gasteiger partial charge in [-0.15, -0.1) is 0 Å². The Hall–Kier alpha value is -1.59. The number of nitrogens with zero attached hydrogens (tertiary/aromatic N) is 2. The van der Waals surface area contributed by atoms with E-state index in [1.807, 2.05) is 30.9 Å². The lowest BCUT2D eigenvalue weighted by molar-refractivity contribution is -0.160. The molecule has 3 rings (SSSR count). The third kappa shape index (κ3) is 4.33. The molecule has 2 heterocycles. The van der Waals surface area contributed by atoms with Crippen LogP contribution in [0.15, 0.2) is 24.3 Å². The number of likely N-dealkylation sites (tertiary alicyclic amines) is 1. The van der Waals surface area contributed by atoms with Crippen molar-refractivity contribution >= 4 is 5.91 Å². The first-order chi connectivity index (χ1) is 12.0. The molecule has 2 aliphatic heterocycles. The fraction of sp³-hybridized carbons (Fsp3) is 0.650. The molecule has 0 saturated carbocycles. The van der Waals surface area contributed by atoms with Gasteiger partial charge in [0.1, 0.15) is 5.75 Å². The van der Waals surface area contributed by atoms with Crippen molar-refractivity contribution in [3.8, 4) is 5.75 Å². The normalized spacial score (nSPS) is 24.7. The lowest BCUT2D eigenvalue weighted by Gasteiger charge is -2.48. The number of hydrogen-bond acceptors (Lipinski definition) is 4. The van der Waals surface area contributed by atoms with E-state index in [1.165, 1.54) is 5.56 Å². The number of ether oxygens (including phenoxy) is 2. The first-order valence-electron chi connectivity index (χ1n) is 9.29. The molecule has 1 unspecified atom stereocenters. The topological polar surface area (TPSA) is 42.0 Å². The van der Waals surface area contributed by atoms with Crippen LogP contribution in [0.25, 0.3) is 0 Å². The first kappa shape index (κ1) is 18.2. The zero-order chi connectivity index (χ0) is 17.9. The van der Waals surface area contributed by atoms with Crippen molar-refractivity contribution in [1.82, 2.24) is 9.80 Å². The Labute approximate surface area is 150 Å². The summed E-state index contributed by atoms with van der Waals surface area (Å²) < 4.78 is 11.4. The number of piperidine rings is 1. The van der Waals surface area contributed by atoms with Gasteiger partial charge in [-0.25, -0.2) is 0 Å². The van der Waals surface area contributed by atoms with Gasteiger partial charge in [0.2, 0.25) is 5.91 Å². The van der Waals surface area contributed by atoms with Crippen molar-refractivity contribution in [2.45, 2.75) is 38.8 Å². The minimum Gasteiger partial charge on any atom is -0.497 e. The maximum Gasteiger partial charge on any atom is 0.225 e. The zero-order valence-corrected chi connectivity index (χ0v) is 15.7. The molecular weight excluding hydrogens is 316 g/mol. The Morgan fingerprint density at radius 1 is 1.24 bits per heavy atom. The minimum absolute atomic E-state index is 0.0501. The van der Waals surface area contributed by atoms with Gasteiger partial charge >= 0.3 is 0 Å². The second kappa shape index (κ2) is 7.75. The van der Waals surface area contributed by atoms with Crippen molar-refractivity contribution < 1.29 is 14.3 Å². The van der Waals surface area contributed by atoms with Crippen molar-refractivity contribution in [2.75, 3.05) is 39.9 Å². The lowest BCUT2D eigenvalue weighted by Crippen LogP contribution is -2.60. The van der Waals surface area contributed by atoms with Crippen LogP contribution in [0.2, 0.25) is 0 Å². The average Bonchev–Trinajstić information content (AvgIpc) is 2.62. The Morgan fingerprint density at radius 2 is 2.00 bits per heavy atom. The lowest BCUT2D eigenvalue weighted by atomic mass is 9.90. The van der Waals surface area contributed by atoms with E-state index >= 15 is 0 Å². The highest BCUT2D eigenvalue weighted by molar-refractivity contribution is 5.78. The second-order valence-corrected chi connectivity index (χ2v) is 7.61. The number of rotatable bonds is 4. The molecule has 0 bridgehead atoms. The molecular formula is C20H30N2O3. The summed E-state index contributed by atoms with van der Waals surface area (Å²) in [5, 5.41) is 0. The van der Waals surface area contributed by atoms with Gasteiger partial charge in [0.25, 0.3) is 0 Å². The molecule has 5 nitrogen and oxygen atoms in total. The Morgan fingerprint density at radius 3 is 2.68 bits per heavy atom. The smallest absolute Gasteiger partial charge is 0.225 e. The van der Waals surface area contributed by atoms with Crippen LogP contribution in [-0.2, 0) is 16.1 Å². The number of carbonyl (C=O) groups excluding carboxylic acids is 1. The summed E-state index contributed by atoms with van der Waals surface area (Å²) in [4.78, 5) is 16.9. The maximum atomic E-state index is 12.4. The van der Waals surface area contributed by atoms with E-state index < -0.39 is 0 Å². The fourth-order valence-electron chi connectivity index (χ4n) is 3.95. The molecule has 138 valence electrons. The molecule has 2 saturated heterocycles. The van der Waals surface area contributed by atoms with Crippen LogP contribution < -0.4 is 4.74 Å². The van der Waals surface area contributed by atoms with Crippen LogP contribution in [0.1, 0.15) is 32.3 Å². The van der Waals surface area contributed by atoms with Gasteiger partial charge in [-0.05, 0) is 30.5 Å². The Bertz CT molecular complexity index is 583. The monoisotopic (exact) mass is 346 g/mol. The van der Waals surface area contributed by atoms with Gasteiger partial charge in [-0.2, -0.15) is 0 Å². The fourth-order valence-corrected chi connectivity index (χ4v) is 3.95. The van der Waals surface area contributed by atoms with E-state index in [1.54, 1.807) is 7.11 Å². The SMILES string of the molecule is COc1ccc(CN2CCOC3(CCCN(C(=O)C(C)C)C3)C2)cc1. The van der Waals surface area contributed by atoms with Gasteiger partial charge in [0.15, 0.2) is 0 Å². The molecule has 2 fully saturated rings. The standard InChI is InChI=1S/C20H30N2O3/c1-16(2)19(23)22-10-4-9-20(15-22)14-21(11-12-25-20)13-17-5-7-18(24-3)8-6-17/h5-8,16H,4,9-15H2,1-3H3. The molecule has 25 heavy (non-hydrogen) atoms. The molecule has 1 spiro atoms. The van der Waals surface area contributed by atoms with E-state index in [9.17, 15) is 4.79 Å². The number of morpholine rings is 1. The van der Waals surface area contributed by atoms with Crippen LogP contribution in [0.5, 0.6) is 5.75 Å². The molecule has 0 aliphatic carbocycles. The molecule has 0 aromatic heterocycles. The quantitative estimate of drug-likeness (QED) is 0.840. The minimum atomic E-state index is -0.201. The molecule has 1 aromatic rings. The summed E-state index contributed by atoms with van der Waals surface area (Å²) in [7, 11) is 1.69. The van der Waals surface area contributed by atoms with Gasteiger partial charge in [-0.1, -0.05) is 26.0 Å². The Balaban J connectivity index is 1.64. The predicted octanol–water partition coefficient (Wildman–Crippen LogP) is 2.54. The highest BCUT2D eigenvalue weighted by atomic mass is 16.5. The van der Waals surface area contributed by atoms with Gasteiger partial charge in [0.05, 0.1) is 25.9 Å². The first-order valence-corrected chi connectivity index (χ1v) is 9.29. The van der Waals surface area contributed by atoms with Gasteiger partial charge < -0.3 is 14.4 Å². The highest BCUT2D eigenvalue weighted by Crippen LogP contribution is 2.30. The molecule has 1 aromatic carbocycles. The van der Waals surface area contributed by atoms with Crippen molar-refractivity contribution in [3.05, 3.63) is 29.8 Å². The van der Waals surface area contributed by atoms with Crippen LogP contribution in [0, 0.1) is 5.92 Å². The van der Waals surface area contributed by atoms with E-state index in [4.69, 9.17) is 9.47 Å². The van der Waals surface area contributed by atoms with E-state index in [0.29, 0.717) is 0 Å². The van der Waals surface area contributed by atoms with Gasteiger partial charge in [0, 0.05) is 32.1 Å². The molecule has 1 atom stereocenters. The number of carbonyl (C=O) groups is 1. The van der Waals surface area contributed by atoms with Crippen molar-refractivity contribution in [1.29, 1.82) is 0 Å². The summed E-state index contributed by atoms with van der Waals surface area (Å²) in [5.41, 5.74) is 1.08. The average molecular weight is 346 g/mol. The summed E-state index contributed by atoms with van der Waals surface area (Å²) in [6.45, 7) is 9.01. The number of methoxy groups -OCH3 is 1. The maximum absolute atomic E-state index is 12.4. The van der Waals surface area contributed by atoms with Gasteiger partial charge in [-0.3, -0.25) is 9.69 Å². The highest BCUT2D eigenvalue weighted by Gasteiger charge is 2.41. The molecule has 0 radical (unpaired) electrons. The van der Waals surface area contributed by atoms with Crippen LogP contribution >= 0.6 is 0 Å². The predicted molar refractivity (Wildman–Crippen MR) is 97.6 cm³/mol. The second-order valence-electron chi connectivity index (χ2n) is 7.61. The van der Waals surface area contributed by atoms with Crippen LogP contribution in [0.3, 0.4) is 0 Å². The molecule has 0 N–H and O–H groups in total. The van der Waals surface area contributed by atoms with Crippen molar-refractivity contribution in [2.24, 2.45) is 5.92 Å². The number of benzene rings is 1. The molecule has 5 heteroatoms. The van der Waals surface area contributed by atoms with Crippen LogP contribution in [-0.4, -0.2) is 61.2 Å². The molecule has 1 amide bonds. The Kier molecular flexibility index (Phi) is 5.64. The third-order valence-electron chi connectivity index (χ3n) is 5.24. The largest absolute Gasteiger partial charge is 0.497 e. The van der Waals surface area contributed by atoms with E-state index in [0.717, 1.165) is 57.9 Å². The van der Waals surface area contributed by atoms with Crippen LogP contribution in [0.4, 0.5) is 0 Å². The summed E-state index contributed by atoms with van der Waals surface area (Å²) in [5.74, 6) is 1.18. The third-order valence-corrected chi connectivity index (χ3v) is 5.24. The summed E-state index contributed by atoms with van der Waals surface area (Å²) >= 11 is 0. The molecule has 2 aliphatic rings. The summed E-state index contributed by atoms with van der Waals surface area (Å²) in [6, 6.07) is 8.26. The zero-order valence-electron chi connectivity index (χ0n) is 15.7. The summed E-state index contributed by atoms with van der Waals surface area (Å²) in [6.07, 6.45) is 2.06. The number of hydrogen-bond donors (Lipinski definition) is 0. The van der Waals surface area contributed by atoms with E-state index in [2.05, 4.69) is 17.0 Å². The van der Waals surface area contributed by atoms with E-state index in [-0.39, 0.29) is 17.4 Å². The number of amides is 1.